The van der Waals surface area contributed by atoms with Crippen LogP contribution < -0.4 is 27.0 Å². The highest BCUT2D eigenvalue weighted by molar-refractivity contribution is 5.97. The summed E-state index contributed by atoms with van der Waals surface area (Å²) in [6, 6.07) is 9.13. The van der Waals surface area contributed by atoms with Crippen molar-refractivity contribution in [1.29, 1.82) is 0 Å². The zero-order chi connectivity index (χ0) is 35.0. The predicted octanol–water partition coefficient (Wildman–Crippen LogP) is 1.11. The summed E-state index contributed by atoms with van der Waals surface area (Å²) in [6.45, 7) is -1.55. The fraction of sp³-hybridized carbons (Fsp3) is 0.393. The number of nitrogens with zero attached hydrogens (tertiary/aromatic N) is 2. The molecule has 1 heterocycles. The minimum absolute atomic E-state index is 0.0890. The van der Waals surface area contributed by atoms with Crippen molar-refractivity contribution in [2.75, 3.05) is 13.1 Å². The third-order valence-electron chi connectivity index (χ3n) is 6.78. The van der Waals surface area contributed by atoms with Crippen LogP contribution in [0.1, 0.15) is 34.3 Å². The van der Waals surface area contributed by atoms with Crippen molar-refractivity contribution < 1.29 is 55.4 Å². The normalized spacial score (nSPS) is 15.5. The summed E-state index contributed by atoms with van der Waals surface area (Å²) in [7, 11) is 0. The van der Waals surface area contributed by atoms with Gasteiger partial charge in [0.1, 0.15) is 6.04 Å². The van der Waals surface area contributed by atoms with Crippen molar-refractivity contribution in [1.82, 2.24) is 21.3 Å². The van der Waals surface area contributed by atoms with E-state index in [0.29, 0.717) is 5.56 Å². The molecular weight excluding hydrogens is 644 g/mol. The zero-order valence-corrected chi connectivity index (χ0v) is 24.2. The van der Waals surface area contributed by atoms with Crippen LogP contribution in [-0.4, -0.2) is 78.3 Å². The van der Waals surface area contributed by atoms with Gasteiger partial charge < -0.3 is 32.1 Å². The van der Waals surface area contributed by atoms with E-state index in [4.69, 9.17) is 5.73 Å². The van der Waals surface area contributed by atoms with E-state index in [1.807, 2.05) is 5.32 Å². The van der Waals surface area contributed by atoms with Crippen LogP contribution in [0.4, 0.5) is 26.3 Å². The second-order valence-corrected chi connectivity index (χ2v) is 10.3. The first kappa shape index (κ1) is 36.4. The lowest BCUT2D eigenvalue weighted by Gasteiger charge is -2.26. The van der Waals surface area contributed by atoms with Gasteiger partial charge in [0.2, 0.25) is 23.6 Å². The molecule has 254 valence electrons. The molecule has 0 aliphatic carbocycles. The molecule has 0 radical (unpaired) electrons. The third-order valence-corrected chi connectivity index (χ3v) is 6.78. The number of carbonyl (C=O) groups is 5. The van der Waals surface area contributed by atoms with Gasteiger partial charge in [-0.05, 0) is 24.1 Å². The molecule has 0 saturated heterocycles. The van der Waals surface area contributed by atoms with Crippen molar-refractivity contribution in [3.63, 3.8) is 0 Å². The first-order chi connectivity index (χ1) is 21.9. The highest BCUT2D eigenvalue weighted by atomic mass is 19.4. The molecule has 0 saturated carbocycles. The van der Waals surface area contributed by atoms with E-state index in [1.165, 1.54) is 0 Å². The van der Waals surface area contributed by atoms with Gasteiger partial charge in [-0.25, -0.2) is 0 Å². The standard InChI is InChI=1S/C28H29F6N7O6/c29-27(30,31)23(45)18(10-11-20(35)42)38-21(43)14-37-25(47)19(12-15-4-2-1-3-5-15)39-22(44)13-36-24(46)16-6-8-17(9-7-16)26(40-41-26)28(32,33)34/h1-9,18-19,23,45H,10-14H2,(H2,35,42)(H,36,46)(H,37,47)(H,38,43)(H,39,44). The summed E-state index contributed by atoms with van der Waals surface area (Å²) in [4.78, 5) is 61.5. The first-order valence-electron chi connectivity index (χ1n) is 13.8. The van der Waals surface area contributed by atoms with E-state index >= 15 is 0 Å². The minimum Gasteiger partial charge on any atom is -0.382 e. The summed E-state index contributed by atoms with van der Waals surface area (Å²) in [5, 5.41) is 24.4. The second-order valence-electron chi connectivity index (χ2n) is 10.3. The number of amides is 5. The Balaban J connectivity index is 1.59. The number of rotatable bonds is 15. The number of alkyl halides is 6. The molecule has 0 bridgehead atoms. The van der Waals surface area contributed by atoms with Crippen molar-refractivity contribution in [3.8, 4) is 0 Å². The smallest absolute Gasteiger partial charge is 0.382 e. The van der Waals surface area contributed by atoms with Crippen molar-refractivity contribution in [2.45, 2.75) is 55.5 Å². The van der Waals surface area contributed by atoms with Crippen molar-refractivity contribution in [2.24, 2.45) is 16.0 Å². The van der Waals surface area contributed by atoms with Crippen LogP contribution in [0.25, 0.3) is 0 Å². The van der Waals surface area contributed by atoms with E-state index < -0.39 is 91.7 Å². The fourth-order valence-electron chi connectivity index (χ4n) is 4.25. The number of nitrogens with two attached hydrogens (primary N) is 1. The van der Waals surface area contributed by atoms with Crippen LogP contribution in [0.3, 0.4) is 0 Å². The number of nitrogens with one attached hydrogen (secondary N) is 4. The van der Waals surface area contributed by atoms with Crippen LogP contribution in [-0.2, 0) is 31.3 Å². The van der Waals surface area contributed by atoms with Crippen LogP contribution in [0.2, 0.25) is 0 Å². The lowest BCUT2D eigenvalue weighted by molar-refractivity contribution is -0.212. The van der Waals surface area contributed by atoms with Gasteiger partial charge in [0, 0.05) is 24.0 Å². The second kappa shape index (κ2) is 15.0. The monoisotopic (exact) mass is 673 g/mol. The van der Waals surface area contributed by atoms with Crippen LogP contribution in [0, 0.1) is 0 Å². The molecule has 3 unspecified atom stereocenters. The van der Waals surface area contributed by atoms with Gasteiger partial charge in [-0.2, -0.15) is 26.3 Å². The lowest BCUT2D eigenvalue weighted by Crippen LogP contribution is -2.54. The Kier molecular flexibility index (Phi) is 11.6. The van der Waals surface area contributed by atoms with Crippen LogP contribution in [0.5, 0.6) is 0 Å². The highest BCUT2D eigenvalue weighted by Crippen LogP contribution is 2.52. The summed E-state index contributed by atoms with van der Waals surface area (Å²) in [6.07, 6.45) is -14.3. The molecule has 3 rings (SSSR count). The molecule has 2 aromatic carbocycles. The van der Waals surface area contributed by atoms with E-state index in [-0.39, 0.29) is 17.5 Å². The average molecular weight is 674 g/mol. The van der Waals surface area contributed by atoms with Crippen molar-refractivity contribution in [3.05, 3.63) is 71.3 Å². The summed E-state index contributed by atoms with van der Waals surface area (Å²) in [5.41, 5.74) is 2.44. The maximum absolute atomic E-state index is 13.2. The molecule has 2 aromatic rings. The van der Waals surface area contributed by atoms with E-state index in [0.717, 1.165) is 24.3 Å². The van der Waals surface area contributed by atoms with Gasteiger partial charge in [-0.3, -0.25) is 24.0 Å². The van der Waals surface area contributed by atoms with Gasteiger partial charge in [0.25, 0.3) is 5.91 Å². The molecule has 0 aromatic heterocycles. The highest BCUT2D eigenvalue weighted by Gasteiger charge is 2.65. The number of aliphatic hydroxyl groups is 1. The summed E-state index contributed by atoms with van der Waals surface area (Å²) < 4.78 is 78.7. The molecule has 0 spiro atoms. The number of aliphatic hydroxyl groups excluding tert-OH is 1. The Labute approximate surface area is 262 Å². The average Bonchev–Trinajstić information content (AvgIpc) is 3.83. The van der Waals surface area contributed by atoms with Gasteiger partial charge >= 0.3 is 18.0 Å². The molecule has 1 aliphatic heterocycles. The van der Waals surface area contributed by atoms with E-state index in [1.54, 1.807) is 30.3 Å². The lowest BCUT2D eigenvalue weighted by atomic mass is 10.0. The van der Waals surface area contributed by atoms with Gasteiger partial charge in [-0.1, -0.05) is 42.5 Å². The van der Waals surface area contributed by atoms with Gasteiger partial charge in [0.05, 0.1) is 19.1 Å². The number of primary amides is 1. The SMILES string of the molecule is NC(=O)CCC(NC(=O)CNC(=O)C(Cc1ccccc1)NC(=O)CNC(=O)c1ccc(C2(C(F)(F)F)N=N2)cc1)C(O)C(F)(F)F. The largest absolute Gasteiger partial charge is 0.442 e. The number of hydrogen-bond acceptors (Lipinski definition) is 8. The third kappa shape index (κ3) is 10.2. The van der Waals surface area contributed by atoms with Gasteiger partial charge in [0.15, 0.2) is 6.10 Å². The van der Waals surface area contributed by atoms with Crippen LogP contribution >= 0.6 is 0 Å². The first-order valence-corrected chi connectivity index (χ1v) is 13.8. The summed E-state index contributed by atoms with van der Waals surface area (Å²) in [5.74, 6) is -4.75. The number of benzene rings is 2. The molecule has 19 heteroatoms. The Hall–Kier alpha value is -5.07. The zero-order valence-electron chi connectivity index (χ0n) is 24.2. The number of halogens is 6. The summed E-state index contributed by atoms with van der Waals surface area (Å²) >= 11 is 0. The molecule has 3 atom stereocenters. The number of carbonyl (C=O) groups excluding carboxylic acids is 5. The fourth-order valence-corrected chi connectivity index (χ4v) is 4.25. The number of hydrogen-bond donors (Lipinski definition) is 6. The quantitative estimate of drug-likeness (QED) is 0.153. The Morgan fingerprint density at radius 2 is 1.40 bits per heavy atom. The Morgan fingerprint density at radius 1 is 0.830 bits per heavy atom. The molecular formula is C28H29F6N7O6. The molecule has 0 fully saturated rings. The molecule has 13 nitrogen and oxygen atoms in total. The topological polar surface area (TPSA) is 204 Å². The Morgan fingerprint density at radius 3 is 1.94 bits per heavy atom. The molecule has 1 aliphatic rings. The molecule has 7 N–H and O–H groups in total. The maximum atomic E-state index is 13.2. The maximum Gasteiger partial charge on any atom is 0.442 e. The molecule has 5 amide bonds. The Bertz CT molecular complexity index is 1480. The van der Waals surface area contributed by atoms with Crippen molar-refractivity contribution >= 4 is 29.5 Å². The van der Waals surface area contributed by atoms with Crippen LogP contribution in [0.15, 0.2) is 64.8 Å². The van der Waals surface area contributed by atoms with Gasteiger partial charge in [-0.15, -0.1) is 10.2 Å². The van der Waals surface area contributed by atoms with E-state index in [2.05, 4.69) is 26.2 Å². The van der Waals surface area contributed by atoms with E-state index in [9.17, 15) is 55.4 Å². The molecule has 47 heavy (non-hydrogen) atoms. The predicted molar refractivity (Wildman–Crippen MR) is 149 cm³/mol. The minimum atomic E-state index is -5.14.